The van der Waals surface area contributed by atoms with Crippen LogP contribution in [0, 0.1) is 0 Å². The van der Waals surface area contributed by atoms with Crippen molar-refractivity contribution in [3.05, 3.63) is 28.4 Å². The summed E-state index contributed by atoms with van der Waals surface area (Å²) in [6, 6.07) is 2.32. The molecule has 0 aliphatic carbocycles. The maximum atomic E-state index is 11.4. The molecule has 0 aromatic carbocycles. The molecule has 0 bridgehead atoms. The van der Waals surface area contributed by atoms with Crippen molar-refractivity contribution in [3.8, 4) is 6.01 Å². The molecule has 1 atom stereocenters. The molecule has 170 valence electrons. The van der Waals surface area contributed by atoms with Gasteiger partial charge in [0.2, 0.25) is 0 Å². The first-order valence-electron chi connectivity index (χ1n) is 10.4. The minimum absolute atomic E-state index is 0.0320. The number of esters is 2. The van der Waals surface area contributed by atoms with Gasteiger partial charge in [-0.05, 0) is 12.5 Å². The number of thiophene rings is 1. The number of aromatic amines is 1. The summed E-state index contributed by atoms with van der Waals surface area (Å²) >= 11 is 1.60. The van der Waals surface area contributed by atoms with Gasteiger partial charge in [-0.25, -0.2) is 0 Å². The lowest BCUT2D eigenvalue weighted by Crippen LogP contribution is -2.32. The molecule has 4 heterocycles. The molecule has 0 saturated heterocycles. The summed E-state index contributed by atoms with van der Waals surface area (Å²) < 4.78 is 16.0. The molecule has 11 heteroatoms. The van der Waals surface area contributed by atoms with Crippen LogP contribution in [0.15, 0.2) is 12.3 Å². The number of H-pyrrole nitrogens is 1. The summed E-state index contributed by atoms with van der Waals surface area (Å²) in [5.41, 5.74) is 2.30. The van der Waals surface area contributed by atoms with Gasteiger partial charge in [0.15, 0.2) is 6.10 Å². The summed E-state index contributed by atoms with van der Waals surface area (Å²) in [6.07, 6.45) is 2.84. The number of fused-ring (bicyclic) bond motifs is 2. The van der Waals surface area contributed by atoms with Crippen molar-refractivity contribution in [1.29, 1.82) is 0 Å². The van der Waals surface area contributed by atoms with E-state index in [1.807, 2.05) is 6.20 Å². The molecule has 1 aliphatic heterocycles. The van der Waals surface area contributed by atoms with Gasteiger partial charge in [0.05, 0.1) is 11.6 Å². The highest BCUT2D eigenvalue weighted by Gasteiger charge is 2.24. The Morgan fingerprint density at radius 2 is 2.09 bits per heavy atom. The Balaban J connectivity index is 1.59. The lowest BCUT2D eigenvalue weighted by atomic mass is 10.1. The first-order chi connectivity index (χ1) is 15.4. The van der Waals surface area contributed by atoms with E-state index in [2.05, 4.69) is 33.1 Å². The highest BCUT2D eigenvalue weighted by Crippen LogP contribution is 2.34. The number of nitrogens with one attached hydrogen (secondary N) is 1. The number of carbonyl (C=O) groups is 2. The van der Waals surface area contributed by atoms with Crippen LogP contribution < -0.4 is 9.64 Å². The van der Waals surface area contributed by atoms with E-state index in [9.17, 15) is 9.59 Å². The van der Waals surface area contributed by atoms with Crippen molar-refractivity contribution in [1.82, 2.24) is 20.2 Å². The van der Waals surface area contributed by atoms with Crippen molar-refractivity contribution in [2.24, 2.45) is 0 Å². The van der Waals surface area contributed by atoms with Crippen molar-refractivity contribution in [2.75, 3.05) is 24.7 Å². The zero-order chi connectivity index (χ0) is 22.7. The average Bonchev–Trinajstić information content (AvgIpc) is 3.40. The van der Waals surface area contributed by atoms with Crippen LogP contribution in [0.5, 0.6) is 6.01 Å². The fraction of sp³-hybridized carbons (Fsp3) is 0.476. The summed E-state index contributed by atoms with van der Waals surface area (Å²) in [4.78, 5) is 36.0. The van der Waals surface area contributed by atoms with Crippen LogP contribution in [0.1, 0.15) is 36.9 Å². The number of hydrogen-bond acceptors (Lipinski definition) is 10. The smallest absolute Gasteiger partial charge is 0.319 e. The molecule has 0 amide bonds. The fourth-order valence-corrected chi connectivity index (χ4v) is 4.50. The second-order valence-corrected chi connectivity index (χ2v) is 8.62. The largest absolute Gasteiger partial charge is 0.462 e. The van der Waals surface area contributed by atoms with Gasteiger partial charge in [-0.15, -0.1) is 11.3 Å². The Morgan fingerprint density at radius 3 is 2.84 bits per heavy atom. The number of ether oxygens (including phenoxy) is 3. The van der Waals surface area contributed by atoms with Gasteiger partial charge in [0.25, 0.3) is 0 Å². The zero-order valence-electron chi connectivity index (χ0n) is 18.2. The molecule has 32 heavy (non-hydrogen) atoms. The van der Waals surface area contributed by atoms with Gasteiger partial charge in [-0.2, -0.15) is 15.1 Å². The Morgan fingerprint density at radius 1 is 1.25 bits per heavy atom. The molecule has 1 unspecified atom stereocenters. The molecule has 0 spiro atoms. The van der Waals surface area contributed by atoms with E-state index in [4.69, 9.17) is 19.2 Å². The van der Waals surface area contributed by atoms with Crippen molar-refractivity contribution < 1.29 is 23.8 Å². The van der Waals surface area contributed by atoms with E-state index in [0.29, 0.717) is 6.54 Å². The van der Waals surface area contributed by atoms with E-state index in [-0.39, 0.29) is 19.2 Å². The van der Waals surface area contributed by atoms with E-state index in [1.54, 1.807) is 11.3 Å². The molecule has 0 radical (unpaired) electrons. The van der Waals surface area contributed by atoms with E-state index >= 15 is 0 Å². The second-order valence-electron chi connectivity index (χ2n) is 7.51. The van der Waals surface area contributed by atoms with Crippen LogP contribution >= 0.6 is 11.3 Å². The number of nitrogens with zero attached hydrogens (tertiary/aromatic N) is 4. The number of aryl methyl sites for hydroxylation is 1. The number of carbonyl (C=O) groups excluding carboxylic acids is 2. The minimum atomic E-state index is -0.753. The third-order valence-electron chi connectivity index (χ3n) is 5.06. The highest BCUT2D eigenvalue weighted by atomic mass is 32.1. The molecule has 1 N–H and O–H groups in total. The third-order valence-corrected chi connectivity index (χ3v) is 6.23. The second kappa shape index (κ2) is 9.51. The Bertz CT molecular complexity index is 1130. The van der Waals surface area contributed by atoms with Crippen LogP contribution in [0.3, 0.4) is 0 Å². The van der Waals surface area contributed by atoms with Crippen LogP contribution in [0.4, 0.5) is 5.82 Å². The quantitative estimate of drug-likeness (QED) is 0.506. The first-order valence-corrected chi connectivity index (χ1v) is 11.2. The highest BCUT2D eigenvalue weighted by molar-refractivity contribution is 7.18. The van der Waals surface area contributed by atoms with Gasteiger partial charge in [0.1, 0.15) is 23.9 Å². The molecule has 3 aromatic rings. The van der Waals surface area contributed by atoms with Crippen molar-refractivity contribution in [2.45, 2.75) is 46.3 Å². The molecule has 10 nitrogen and oxygen atoms in total. The maximum absolute atomic E-state index is 11.4. The molecular weight excluding hydrogens is 434 g/mol. The molecule has 3 aromatic heterocycles. The van der Waals surface area contributed by atoms with E-state index in [1.165, 1.54) is 18.7 Å². The van der Waals surface area contributed by atoms with Crippen molar-refractivity contribution in [3.63, 3.8) is 0 Å². The number of anilines is 1. The van der Waals surface area contributed by atoms with Gasteiger partial charge in [-0.1, -0.05) is 6.92 Å². The Kier molecular flexibility index (Phi) is 6.54. The van der Waals surface area contributed by atoms with Gasteiger partial charge < -0.3 is 19.1 Å². The van der Waals surface area contributed by atoms with Gasteiger partial charge in [-0.3, -0.25) is 14.7 Å². The standard InChI is InChI=1S/C21H25N5O5S/c1-4-16-7-17-19(26-6-5-18-14(9-26)8-22-25-18)23-21(24-20(17)32-16)30-11-15(31-13(3)28)10-29-12(2)27/h7-8,15H,4-6,9-11H2,1-3H3,(H,22,25). The topological polar surface area (TPSA) is 120 Å². The molecule has 1 aliphatic rings. The Hall–Kier alpha value is -3.21. The number of hydrogen-bond donors (Lipinski definition) is 1. The average molecular weight is 460 g/mol. The van der Waals surface area contributed by atoms with Crippen molar-refractivity contribution >= 4 is 39.3 Å². The monoisotopic (exact) mass is 459 g/mol. The number of rotatable bonds is 8. The lowest BCUT2D eigenvalue weighted by Gasteiger charge is -2.28. The van der Waals surface area contributed by atoms with Gasteiger partial charge in [0, 0.05) is 49.5 Å². The summed E-state index contributed by atoms with van der Waals surface area (Å²) in [5, 5.41) is 8.19. The Labute approximate surface area is 188 Å². The number of aromatic nitrogens is 4. The fourth-order valence-electron chi connectivity index (χ4n) is 3.55. The van der Waals surface area contributed by atoms with Gasteiger partial charge >= 0.3 is 17.9 Å². The van der Waals surface area contributed by atoms with Crippen LogP contribution in [-0.4, -0.2) is 58.0 Å². The summed E-state index contributed by atoms with van der Waals surface area (Å²) in [5.74, 6) is -0.147. The molecule has 0 saturated carbocycles. The van der Waals surface area contributed by atoms with Crippen LogP contribution in [0.2, 0.25) is 0 Å². The van der Waals surface area contributed by atoms with Crippen LogP contribution in [0.25, 0.3) is 10.2 Å². The summed E-state index contributed by atoms with van der Waals surface area (Å²) in [6.45, 7) is 6.04. The minimum Gasteiger partial charge on any atom is -0.462 e. The SMILES string of the molecule is CCc1cc2c(N3CCc4[nH]ncc4C3)nc(OCC(COC(C)=O)OC(C)=O)nc2s1. The predicted octanol–water partition coefficient (Wildman–Crippen LogP) is 2.41. The normalized spacial score (nSPS) is 14.2. The third kappa shape index (κ3) is 4.98. The maximum Gasteiger partial charge on any atom is 0.319 e. The lowest BCUT2D eigenvalue weighted by molar-refractivity contribution is -0.158. The van der Waals surface area contributed by atoms with Crippen LogP contribution in [-0.2, 0) is 38.4 Å². The summed E-state index contributed by atoms with van der Waals surface area (Å²) in [7, 11) is 0. The first kappa shape index (κ1) is 22.0. The predicted molar refractivity (Wildman–Crippen MR) is 118 cm³/mol. The molecule has 4 rings (SSSR count). The zero-order valence-corrected chi connectivity index (χ0v) is 19.0. The van der Waals surface area contributed by atoms with E-state index < -0.39 is 18.0 Å². The molecular formula is C21H25N5O5S. The van der Waals surface area contributed by atoms with E-state index in [0.717, 1.165) is 46.7 Å². The molecule has 0 fully saturated rings.